The number of hydrogen-bond donors (Lipinski definition) is 0. The van der Waals surface area contributed by atoms with Crippen LogP contribution in [-0.4, -0.2) is 16.6 Å². The van der Waals surface area contributed by atoms with Crippen molar-refractivity contribution >= 4 is 22.6 Å². The van der Waals surface area contributed by atoms with E-state index in [0.717, 1.165) is 11.0 Å². The minimum atomic E-state index is 0.182. The lowest BCUT2D eigenvalue weighted by atomic mass is 9.98. The highest BCUT2D eigenvalue weighted by molar-refractivity contribution is 14.1. The van der Waals surface area contributed by atoms with E-state index in [9.17, 15) is 0 Å². The normalized spacial score (nSPS) is 34.4. The molecule has 1 fully saturated rings. The van der Waals surface area contributed by atoms with Gasteiger partial charge in [0.15, 0.2) is 0 Å². The van der Waals surface area contributed by atoms with E-state index in [1.807, 2.05) is 0 Å². The molecule has 0 aromatic carbocycles. The summed E-state index contributed by atoms with van der Waals surface area (Å²) in [5.74, 6) is 0. The van der Waals surface area contributed by atoms with Crippen molar-refractivity contribution in [2.45, 2.75) is 44.6 Å². The zero-order valence-corrected chi connectivity index (χ0v) is 9.39. The molecule has 1 atom stereocenters. The summed E-state index contributed by atoms with van der Waals surface area (Å²) in [6, 6.07) is 0. The molecule has 1 aliphatic rings. The molecule has 1 nitrogen and oxygen atoms in total. The first-order valence-corrected chi connectivity index (χ1v) is 5.99. The minimum absolute atomic E-state index is 0.182. The minimum Gasteiger partial charge on any atom is -0.374 e. The van der Waals surface area contributed by atoms with Crippen molar-refractivity contribution in [3.63, 3.8) is 0 Å². The lowest BCUT2D eigenvalue weighted by Crippen LogP contribution is -2.32. The molecule has 0 N–H and O–H groups in total. The van der Waals surface area contributed by atoms with E-state index in [1.54, 1.807) is 0 Å². The molecule has 1 unspecified atom stereocenters. The molecule has 0 bridgehead atoms. The molecular formula is C9H17IO. The molecule has 11 heavy (non-hydrogen) atoms. The first-order chi connectivity index (χ1) is 5.27. The van der Waals surface area contributed by atoms with Crippen molar-refractivity contribution < 1.29 is 4.74 Å². The molecule has 1 heterocycles. The summed E-state index contributed by atoms with van der Waals surface area (Å²) in [4.78, 5) is 0. The van der Waals surface area contributed by atoms with Gasteiger partial charge in [0.05, 0.1) is 5.60 Å². The van der Waals surface area contributed by atoms with E-state index < -0.39 is 0 Å². The Bertz CT molecular complexity index is 106. The van der Waals surface area contributed by atoms with Crippen LogP contribution < -0.4 is 0 Å². The van der Waals surface area contributed by atoms with Crippen molar-refractivity contribution in [2.24, 2.45) is 0 Å². The predicted molar refractivity (Wildman–Crippen MR) is 56.3 cm³/mol. The highest BCUT2D eigenvalue weighted by Gasteiger charge is 2.23. The van der Waals surface area contributed by atoms with Crippen LogP contribution in [0.2, 0.25) is 0 Å². The Hall–Kier alpha value is 0.690. The van der Waals surface area contributed by atoms with E-state index in [0.29, 0.717) is 0 Å². The molecule has 0 amide bonds. The Morgan fingerprint density at radius 3 is 2.73 bits per heavy atom. The van der Waals surface area contributed by atoms with Crippen LogP contribution in [0.5, 0.6) is 0 Å². The van der Waals surface area contributed by atoms with E-state index in [-0.39, 0.29) is 5.60 Å². The van der Waals surface area contributed by atoms with Crippen LogP contribution in [-0.2, 0) is 4.74 Å². The van der Waals surface area contributed by atoms with Gasteiger partial charge in [0.1, 0.15) is 0 Å². The molecule has 0 aromatic heterocycles. The number of alkyl halides is 1. The highest BCUT2D eigenvalue weighted by Crippen LogP contribution is 2.24. The third-order valence-corrected chi connectivity index (χ3v) is 3.95. The summed E-state index contributed by atoms with van der Waals surface area (Å²) in [6.07, 6.45) is 6.61. The number of rotatable bonds is 1. The fraction of sp³-hybridized carbons (Fsp3) is 1.00. The summed E-state index contributed by atoms with van der Waals surface area (Å²) < 4.78 is 6.94. The van der Waals surface area contributed by atoms with Crippen LogP contribution in [0.3, 0.4) is 0 Å². The van der Waals surface area contributed by atoms with Crippen LogP contribution in [0.15, 0.2) is 0 Å². The van der Waals surface area contributed by atoms with Gasteiger partial charge in [-0.2, -0.15) is 0 Å². The van der Waals surface area contributed by atoms with Gasteiger partial charge in [-0.3, -0.25) is 0 Å². The van der Waals surface area contributed by atoms with Gasteiger partial charge in [0.2, 0.25) is 0 Å². The number of ether oxygens (including phenoxy) is 1. The molecule has 66 valence electrons. The van der Waals surface area contributed by atoms with Gasteiger partial charge in [0.25, 0.3) is 0 Å². The second-order valence-electron chi connectivity index (χ2n) is 3.60. The Balaban J connectivity index is 2.37. The van der Waals surface area contributed by atoms with Gasteiger partial charge in [-0.05, 0) is 19.8 Å². The topological polar surface area (TPSA) is 9.23 Å². The summed E-state index contributed by atoms with van der Waals surface area (Å²) in [7, 11) is 0. The van der Waals surface area contributed by atoms with Gasteiger partial charge in [-0.25, -0.2) is 0 Å². The number of halogens is 1. The van der Waals surface area contributed by atoms with Crippen LogP contribution in [0.1, 0.15) is 39.0 Å². The van der Waals surface area contributed by atoms with Crippen LogP contribution in [0.4, 0.5) is 0 Å². The van der Waals surface area contributed by atoms with Crippen molar-refractivity contribution in [1.82, 2.24) is 0 Å². The fourth-order valence-corrected chi connectivity index (χ4v) is 2.05. The standard InChI is InChI=1S/C9H17IO/c1-9(8-10)6-4-2-3-5-7-11-9/h2-8H2,1H3. The Kier molecular flexibility index (Phi) is 4.13. The first kappa shape index (κ1) is 9.78. The summed E-state index contributed by atoms with van der Waals surface area (Å²) in [6.45, 7) is 3.21. The van der Waals surface area contributed by atoms with Crippen molar-refractivity contribution in [3.8, 4) is 0 Å². The van der Waals surface area contributed by atoms with Crippen molar-refractivity contribution in [2.75, 3.05) is 11.0 Å². The van der Waals surface area contributed by atoms with Gasteiger partial charge in [-0.1, -0.05) is 41.9 Å². The second kappa shape index (κ2) is 4.65. The second-order valence-corrected chi connectivity index (χ2v) is 4.36. The first-order valence-electron chi connectivity index (χ1n) is 4.47. The zero-order chi connectivity index (χ0) is 8.16. The Morgan fingerprint density at radius 2 is 2.00 bits per heavy atom. The SMILES string of the molecule is CC1(CI)CCCCCCO1. The Labute approximate surface area is 83.0 Å². The average Bonchev–Trinajstić information content (AvgIpc) is 1.98. The lowest BCUT2D eigenvalue weighted by molar-refractivity contribution is -0.0270. The van der Waals surface area contributed by atoms with E-state index >= 15 is 0 Å². The zero-order valence-electron chi connectivity index (χ0n) is 7.24. The van der Waals surface area contributed by atoms with Crippen LogP contribution in [0, 0.1) is 0 Å². The molecule has 0 saturated carbocycles. The molecule has 1 saturated heterocycles. The third kappa shape index (κ3) is 3.28. The Morgan fingerprint density at radius 1 is 1.27 bits per heavy atom. The largest absolute Gasteiger partial charge is 0.374 e. The van der Waals surface area contributed by atoms with E-state index in [1.165, 1.54) is 32.1 Å². The summed E-state index contributed by atoms with van der Waals surface area (Å²) >= 11 is 2.43. The van der Waals surface area contributed by atoms with E-state index in [2.05, 4.69) is 29.5 Å². The summed E-state index contributed by atoms with van der Waals surface area (Å²) in [5.41, 5.74) is 0.182. The molecule has 0 spiro atoms. The lowest BCUT2D eigenvalue weighted by Gasteiger charge is -2.29. The smallest absolute Gasteiger partial charge is 0.0743 e. The van der Waals surface area contributed by atoms with Crippen molar-refractivity contribution in [3.05, 3.63) is 0 Å². The van der Waals surface area contributed by atoms with Gasteiger partial charge >= 0.3 is 0 Å². The highest BCUT2D eigenvalue weighted by atomic mass is 127. The number of hydrogen-bond acceptors (Lipinski definition) is 1. The fourth-order valence-electron chi connectivity index (χ4n) is 1.45. The van der Waals surface area contributed by atoms with Crippen LogP contribution in [0.25, 0.3) is 0 Å². The quantitative estimate of drug-likeness (QED) is 0.524. The maximum atomic E-state index is 5.81. The predicted octanol–water partition coefficient (Wildman–Crippen LogP) is 3.16. The third-order valence-electron chi connectivity index (χ3n) is 2.33. The average molecular weight is 268 g/mol. The molecule has 0 radical (unpaired) electrons. The van der Waals surface area contributed by atoms with Gasteiger partial charge in [0, 0.05) is 11.0 Å². The molecule has 1 aliphatic heterocycles. The molecule has 0 aliphatic carbocycles. The van der Waals surface area contributed by atoms with Crippen LogP contribution >= 0.6 is 22.6 Å². The molecule has 1 rings (SSSR count). The van der Waals surface area contributed by atoms with Gasteiger partial charge in [-0.15, -0.1) is 0 Å². The summed E-state index contributed by atoms with van der Waals surface area (Å²) in [5, 5.41) is 0. The molecule has 2 heteroatoms. The van der Waals surface area contributed by atoms with Gasteiger partial charge < -0.3 is 4.74 Å². The molecular weight excluding hydrogens is 251 g/mol. The monoisotopic (exact) mass is 268 g/mol. The van der Waals surface area contributed by atoms with Crippen molar-refractivity contribution in [1.29, 1.82) is 0 Å². The maximum Gasteiger partial charge on any atom is 0.0743 e. The van der Waals surface area contributed by atoms with E-state index in [4.69, 9.17) is 4.74 Å². The molecule has 0 aromatic rings. The maximum absolute atomic E-state index is 5.81.